The van der Waals surface area contributed by atoms with Crippen molar-refractivity contribution in [1.82, 2.24) is 0 Å². The molecule has 0 atom stereocenters. The van der Waals surface area contributed by atoms with Crippen LogP contribution in [0.2, 0.25) is 0 Å². The highest BCUT2D eigenvalue weighted by Crippen LogP contribution is 2.11. The Labute approximate surface area is 100 Å². The molecule has 0 aliphatic heterocycles. The Bertz CT molecular complexity index is 354. The molecule has 0 amide bonds. The van der Waals surface area contributed by atoms with E-state index in [2.05, 4.69) is 0 Å². The molecule has 0 heterocycles. The number of para-hydroxylation sites is 1. The first kappa shape index (κ1) is 13.5. The third-order valence-corrected chi connectivity index (χ3v) is 2.07. The van der Waals surface area contributed by atoms with E-state index < -0.39 is 5.97 Å². The van der Waals surface area contributed by atoms with Crippen molar-refractivity contribution in [3.63, 3.8) is 0 Å². The first-order valence-corrected chi connectivity index (χ1v) is 5.34. The van der Waals surface area contributed by atoms with Crippen LogP contribution in [0.5, 0.6) is 0 Å². The topological polar surface area (TPSA) is 70.8 Å². The molecule has 17 heavy (non-hydrogen) atoms. The molecule has 5 heteroatoms. The van der Waals surface area contributed by atoms with Crippen LogP contribution in [0, 0.1) is 0 Å². The van der Waals surface area contributed by atoms with Crippen molar-refractivity contribution in [3.8, 4) is 0 Å². The van der Waals surface area contributed by atoms with Gasteiger partial charge in [-0.1, -0.05) is 12.1 Å². The maximum absolute atomic E-state index is 11.6. The molecule has 5 nitrogen and oxygen atoms in total. The van der Waals surface area contributed by atoms with E-state index in [4.69, 9.17) is 19.9 Å². The number of anilines is 1. The van der Waals surface area contributed by atoms with E-state index in [1.54, 1.807) is 31.4 Å². The summed E-state index contributed by atoms with van der Waals surface area (Å²) >= 11 is 0. The lowest BCUT2D eigenvalue weighted by atomic mass is 10.2. The third kappa shape index (κ3) is 4.84. The molecule has 1 aromatic carbocycles. The zero-order valence-electron chi connectivity index (χ0n) is 9.85. The van der Waals surface area contributed by atoms with Crippen LogP contribution < -0.4 is 5.73 Å². The average Bonchev–Trinajstić information content (AvgIpc) is 2.34. The molecule has 2 N–H and O–H groups in total. The number of hydrogen-bond donors (Lipinski definition) is 1. The van der Waals surface area contributed by atoms with Crippen molar-refractivity contribution in [1.29, 1.82) is 0 Å². The molecule has 0 saturated carbocycles. The second kappa shape index (κ2) is 7.65. The van der Waals surface area contributed by atoms with Gasteiger partial charge in [0.1, 0.15) is 6.61 Å². The highest BCUT2D eigenvalue weighted by molar-refractivity contribution is 5.94. The van der Waals surface area contributed by atoms with E-state index in [0.717, 1.165) is 0 Å². The molecule has 0 fully saturated rings. The van der Waals surface area contributed by atoms with Gasteiger partial charge in [0.15, 0.2) is 0 Å². The van der Waals surface area contributed by atoms with Crippen LogP contribution in [0.4, 0.5) is 5.69 Å². The Morgan fingerprint density at radius 1 is 1.18 bits per heavy atom. The van der Waals surface area contributed by atoms with E-state index in [1.165, 1.54) is 0 Å². The van der Waals surface area contributed by atoms with Crippen molar-refractivity contribution >= 4 is 11.7 Å². The zero-order valence-corrected chi connectivity index (χ0v) is 9.85. The van der Waals surface area contributed by atoms with Crippen LogP contribution in [0.25, 0.3) is 0 Å². The Hall–Kier alpha value is -1.59. The van der Waals surface area contributed by atoms with Crippen LogP contribution in [0.15, 0.2) is 24.3 Å². The summed E-state index contributed by atoms with van der Waals surface area (Å²) in [6, 6.07) is 6.79. The third-order valence-electron chi connectivity index (χ3n) is 2.07. The van der Waals surface area contributed by atoms with Gasteiger partial charge in [0.25, 0.3) is 0 Å². The molecule has 0 unspecified atom stereocenters. The lowest BCUT2D eigenvalue weighted by Crippen LogP contribution is -2.13. The molecular weight excluding hydrogens is 222 g/mol. The van der Waals surface area contributed by atoms with Gasteiger partial charge < -0.3 is 19.9 Å². The Balaban J connectivity index is 2.24. The van der Waals surface area contributed by atoms with Crippen LogP contribution in [0.3, 0.4) is 0 Å². The monoisotopic (exact) mass is 239 g/mol. The number of nitrogen functional groups attached to an aromatic ring is 1. The zero-order chi connectivity index (χ0) is 12.5. The van der Waals surface area contributed by atoms with Crippen molar-refractivity contribution in [2.24, 2.45) is 0 Å². The maximum Gasteiger partial charge on any atom is 0.340 e. The molecule has 1 aromatic rings. The highest BCUT2D eigenvalue weighted by Gasteiger charge is 2.09. The number of ether oxygens (including phenoxy) is 3. The quantitative estimate of drug-likeness (QED) is 0.438. The molecule has 0 radical (unpaired) electrons. The van der Waals surface area contributed by atoms with Crippen LogP contribution in [-0.2, 0) is 14.2 Å². The molecule has 0 aromatic heterocycles. The fourth-order valence-electron chi connectivity index (χ4n) is 1.20. The summed E-state index contributed by atoms with van der Waals surface area (Å²) in [5, 5.41) is 0. The normalized spacial score (nSPS) is 10.2. The number of methoxy groups -OCH3 is 1. The van der Waals surface area contributed by atoms with Crippen molar-refractivity contribution in [2.75, 3.05) is 39.3 Å². The minimum atomic E-state index is -0.432. The molecule has 0 spiro atoms. The largest absolute Gasteiger partial charge is 0.460 e. The molecule has 94 valence electrons. The number of carbonyl (C=O) groups is 1. The second-order valence-corrected chi connectivity index (χ2v) is 3.33. The molecular formula is C12H17NO4. The number of nitrogens with two attached hydrogens (primary N) is 1. The van der Waals surface area contributed by atoms with Gasteiger partial charge in [-0.3, -0.25) is 0 Å². The van der Waals surface area contributed by atoms with Gasteiger partial charge in [0.2, 0.25) is 0 Å². The standard InChI is InChI=1S/C12H17NO4/c1-15-6-7-16-8-9-17-12(14)10-4-2-3-5-11(10)13/h2-5H,6-9,13H2,1H3. The van der Waals surface area contributed by atoms with E-state index in [9.17, 15) is 4.79 Å². The van der Waals surface area contributed by atoms with E-state index in [0.29, 0.717) is 31.1 Å². The van der Waals surface area contributed by atoms with E-state index in [1.807, 2.05) is 0 Å². The summed E-state index contributed by atoms with van der Waals surface area (Å²) in [4.78, 5) is 11.6. The van der Waals surface area contributed by atoms with Gasteiger partial charge in [-0.25, -0.2) is 4.79 Å². The Kier molecular flexibility index (Phi) is 6.06. The minimum absolute atomic E-state index is 0.205. The summed E-state index contributed by atoms with van der Waals surface area (Å²) in [6.45, 7) is 1.57. The molecule has 1 rings (SSSR count). The van der Waals surface area contributed by atoms with Crippen LogP contribution in [0.1, 0.15) is 10.4 Å². The summed E-state index contributed by atoms with van der Waals surface area (Å²) < 4.78 is 15.0. The van der Waals surface area contributed by atoms with Gasteiger partial charge in [0, 0.05) is 12.8 Å². The van der Waals surface area contributed by atoms with E-state index in [-0.39, 0.29) is 6.61 Å². The van der Waals surface area contributed by atoms with Gasteiger partial charge in [-0.2, -0.15) is 0 Å². The summed E-state index contributed by atoms with van der Waals surface area (Å²) in [5.41, 5.74) is 6.44. The van der Waals surface area contributed by atoms with Gasteiger partial charge in [-0.05, 0) is 12.1 Å². The maximum atomic E-state index is 11.6. The van der Waals surface area contributed by atoms with Gasteiger partial charge in [0.05, 0.1) is 25.4 Å². The summed E-state index contributed by atoms with van der Waals surface area (Å²) in [5.74, 6) is -0.432. The minimum Gasteiger partial charge on any atom is -0.460 e. The summed E-state index contributed by atoms with van der Waals surface area (Å²) in [6.07, 6.45) is 0. The van der Waals surface area contributed by atoms with Crippen molar-refractivity contribution < 1.29 is 19.0 Å². The SMILES string of the molecule is COCCOCCOC(=O)c1ccccc1N. The highest BCUT2D eigenvalue weighted by atomic mass is 16.6. The predicted molar refractivity (Wildman–Crippen MR) is 63.8 cm³/mol. The van der Waals surface area contributed by atoms with Gasteiger partial charge >= 0.3 is 5.97 Å². The number of esters is 1. The smallest absolute Gasteiger partial charge is 0.340 e. The fourth-order valence-corrected chi connectivity index (χ4v) is 1.20. The predicted octanol–water partition coefficient (Wildman–Crippen LogP) is 1.09. The first-order valence-electron chi connectivity index (χ1n) is 5.34. The van der Waals surface area contributed by atoms with E-state index >= 15 is 0 Å². The molecule has 0 aliphatic carbocycles. The lowest BCUT2D eigenvalue weighted by molar-refractivity contribution is 0.0214. The average molecular weight is 239 g/mol. The van der Waals surface area contributed by atoms with Crippen LogP contribution >= 0.6 is 0 Å². The Morgan fingerprint density at radius 2 is 1.88 bits per heavy atom. The number of hydrogen-bond acceptors (Lipinski definition) is 5. The Morgan fingerprint density at radius 3 is 2.59 bits per heavy atom. The van der Waals surface area contributed by atoms with Crippen molar-refractivity contribution in [2.45, 2.75) is 0 Å². The lowest BCUT2D eigenvalue weighted by Gasteiger charge is -2.07. The molecule has 0 bridgehead atoms. The summed E-state index contributed by atoms with van der Waals surface area (Å²) in [7, 11) is 1.60. The second-order valence-electron chi connectivity index (χ2n) is 3.33. The van der Waals surface area contributed by atoms with Crippen LogP contribution in [-0.4, -0.2) is 39.5 Å². The number of carbonyl (C=O) groups excluding carboxylic acids is 1. The first-order chi connectivity index (χ1) is 8.25. The number of rotatable bonds is 7. The fraction of sp³-hybridized carbons (Fsp3) is 0.417. The molecule has 0 saturated heterocycles. The van der Waals surface area contributed by atoms with Crippen molar-refractivity contribution in [3.05, 3.63) is 29.8 Å². The number of benzene rings is 1. The van der Waals surface area contributed by atoms with Gasteiger partial charge in [-0.15, -0.1) is 0 Å². The molecule has 0 aliphatic rings.